The normalized spacial score (nSPS) is 10.6. The molecule has 4 rings (SSSR count). The lowest BCUT2D eigenvalue weighted by Gasteiger charge is -2.05. The zero-order chi connectivity index (χ0) is 21.1. The number of aromatic nitrogens is 2. The number of aryl methyl sites for hydroxylation is 1. The minimum Gasteiger partial charge on any atom is -0.321 e. The number of hydrogen-bond acceptors (Lipinski definition) is 6. The van der Waals surface area contributed by atoms with E-state index in [1.54, 1.807) is 30.3 Å². The molecule has 0 fully saturated rings. The van der Waals surface area contributed by atoms with Crippen molar-refractivity contribution in [1.82, 2.24) is 9.59 Å². The lowest BCUT2D eigenvalue weighted by molar-refractivity contribution is 0.102. The van der Waals surface area contributed by atoms with Crippen LogP contribution in [0.4, 0.5) is 10.7 Å². The van der Waals surface area contributed by atoms with Crippen LogP contribution in [0.3, 0.4) is 0 Å². The first-order chi connectivity index (χ1) is 14.5. The van der Waals surface area contributed by atoms with E-state index in [1.807, 2.05) is 36.6 Å². The summed E-state index contributed by atoms with van der Waals surface area (Å²) in [6, 6.07) is 16.0. The Balaban J connectivity index is 1.45. The summed E-state index contributed by atoms with van der Waals surface area (Å²) in [4.78, 5) is 25.7. The first-order valence-corrected chi connectivity index (χ1v) is 10.9. The fraction of sp³-hybridized carbons (Fsp3) is 0.0476. The van der Waals surface area contributed by atoms with Crippen LogP contribution in [0.2, 0.25) is 5.02 Å². The number of amides is 2. The number of carbonyl (C=O) groups excluding carboxylic acids is 2. The summed E-state index contributed by atoms with van der Waals surface area (Å²) in [5.74, 6) is -0.556. The second-order valence-corrected chi connectivity index (χ2v) is 8.45. The van der Waals surface area contributed by atoms with E-state index in [4.69, 9.17) is 11.6 Å². The molecule has 2 N–H and O–H groups in total. The van der Waals surface area contributed by atoms with Crippen molar-refractivity contribution in [3.63, 3.8) is 0 Å². The highest BCUT2D eigenvalue weighted by atomic mass is 35.5. The fourth-order valence-corrected chi connectivity index (χ4v) is 4.45. The van der Waals surface area contributed by atoms with Crippen LogP contribution < -0.4 is 10.6 Å². The quantitative estimate of drug-likeness (QED) is 0.403. The van der Waals surface area contributed by atoms with Crippen molar-refractivity contribution >= 4 is 57.0 Å². The maximum atomic E-state index is 12.7. The number of carbonyl (C=O) groups is 2. The SMILES string of the molecule is Cc1cc(NC(=O)c2ccccc2Cl)sc1C(=O)Nc1ccc(-c2csnn2)cc1. The largest absolute Gasteiger partial charge is 0.321 e. The summed E-state index contributed by atoms with van der Waals surface area (Å²) in [5, 5.41) is 12.5. The summed E-state index contributed by atoms with van der Waals surface area (Å²) in [6.45, 7) is 1.83. The van der Waals surface area contributed by atoms with Gasteiger partial charge in [0, 0.05) is 16.6 Å². The van der Waals surface area contributed by atoms with E-state index in [0.717, 1.165) is 16.8 Å². The van der Waals surface area contributed by atoms with Crippen LogP contribution in [0, 0.1) is 6.92 Å². The van der Waals surface area contributed by atoms with Gasteiger partial charge in [-0.05, 0) is 54.4 Å². The van der Waals surface area contributed by atoms with Crippen LogP contribution in [-0.2, 0) is 0 Å². The zero-order valence-electron chi connectivity index (χ0n) is 15.7. The third-order valence-electron chi connectivity index (χ3n) is 4.28. The highest BCUT2D eigenvalue weighted by molar-refractivity contribution is 7.18. The van der Waals surface area contributed by atoms with E-state index in [0.29, 0.717) is 26.2 Å². The number of nitrogens with one attached hydrogen (secondary N) is 2. The van der Waals surface area contributed by atoms with Gasteiger partial charge in [-0.25, -0.2) is 0 Å². The monoisotopic (exact) mass is 454 g/mol. The molecular weight excluding hydrogens is 440 g/mol. The molecule has 2 amide bonds. The third kappa shape index (κ3) is 4.40. The van der Waals surface area contributed by atoms with E-state index in [2.05, 4.69) is 20.2 Å². The Morgan fingerprint density at radius 2 is 1.77 bits per heavy atom. The molecule has 2 aromatic carbocycles. The Morgan fingerprint density at radius 3 is 2.47 bits per heavy atom. The Hall–Kier alpha value is -3.07. The molecule has 2 aromatic heterocycles. The Morgan fingerprint density at radius 1 is 1.00 bits per heavy atom. The van der Waals surface area contributed by atoms with Crippen LogP contribution in [0.5, 0.6) is 0 Å². The molecule has 2 heterocycles. The van der Waals surface area contributed by atoms with Gasteiger partial charge in [-0.3, -0.25) is 9.59 Å². The minimum atomic E-state index is -0.319. The first kappa shape index (κ1) is 20.2. The summed E-state index contributed by atoms with van der Waals surface area (Å²) < 4.78 is 3.85. The van der Waals surface area contributed by atoms with Crippen molar-refractivity contribution in [2.45, 2.75) is 6.92 Å². The van der Waals surface area contributed by atoms with E-state index in [-0.39, 0.29) is 11.8 Å². The van der Waals surface area contributed by atoms with Gasteiger partial charge >= 0.3 is 0 Å². The fourth-order valence-electron chi connectivity index (χ4n) is 2.80. The Kier molecular flexibility index (Phi) is 5.89. The predicted octanol–water partition coefficient (Wildman–Crippen LogP) is 5.73. The van der Waals surface area contributed by atoms with Crippen LogP contribution in [0.15, 0.2) is 60.0 Å². The molecular formula is C21H15ClN4O2S2. The van der Waals surface area contributed by atoms with Crippen LogP contribution in [-0.4, -0.2) is 21.4 Å². The summed E-state index contributed by atoms with van der Waals surface area (Å²) in [6.07, 6.45) is 0. The molecule has 0 bridgehead atoms. The van der Waals surface area contributed by atoms with E-state index in [1.165, 1.54) is 22.9 Å². The topological polar surface area (TPSA) is 84.0 Å². The molecule has 0 spiro atoms. The van der Waals surface area contributed by atoms with Gasteiger partial charge in [0.1, 0.15) is 5.69 Å². The average Bonchev–Trinajstić information content (AvgIpc) is 3.39. The molecule has 0 saturated heterocycles. The maximum Gasteiger partial charge on any atom is 0.266 e. The lowest BCUT2D eigenvalue weighted by atomic mass is 10.1. The molecule has 0 aliphatic carbocycles. The van der Waals surface area contributed by atoms with Crippen molar-refractivity contribution in [3.8, 4) is 11.3 Å². The zero-order valence-corrected chi connectivity index (χ0v) is 18.1. The first-order valence-electron chi connectivity index (χ1n) is 8.86. The summed E-state index contributed by atoms with van der Waals surface area (Å²) >= 11 is 8.58. The number of thiophene rings is 1. The second-order valence-electron chi connectivity index (χ2n) is 6.38. The molecule has 9 heteroatoms. The van der Waals surface area contributed by atoms with Crippen molar-refractivity contribution in [2.75, 3.05) is 10.6 Å². The summed E-state index contributed by atoms with van der Waals surface area (Å²) in [7, 11) is 0. The molecule has 30 heavy (non-hydrogen) atoms. The minimum absolute atomic E-state index is 0.237. The molecule has 0 saturated carbocycles. The van der Waals surface area contributed by atoms with Gasteiger partial charge < -0.3 is 10.6 Å². The molecule has 0 unspecified atom stereocenters. The third-order valence-corrected chi connectivity index (χ3v) is 6.26. The van der Waals surface area contributed by atoms with Crippen molar-refractivity contribution in [1.29, 1.82) is 0 Å². The molecule has 150 valence electrons. The van der Waals surface area contributed by atoms with Crippen LogP contribution in [0.25, 0.3) is 11.3 Å². The highest BCUT2D eigenvalue weighted by Crippen LogP contribution is 2.29. The van der Waals surface area contributed by atoms with E-state index in [9.17, 15) is 9.59 Å². The molecule has 0 aliphatic rings. The number of anilines is 2. The summed E-state index contributed by atoms with van der Waals surface area (Å²) in [5.41, 5.74) is 3.55. The number of benzene rings is 2. The van der Waals surface area contributed by atoms with Crippen molar-refractivity contribution in [3.05, 3.63) is 81.0 Å². The predicted molar refractivity (Wildman–Crippen MR) is 122 cm³/mol. The van der Waals surface area contributed by atoms with Gasteiger partial charge in [0.05, 0.1) is 20.5 Å². The van der Waals surface area contributed by atoms with E-state index >= 15 is 0 Å². The molecule has 0 radical (unpaired) electrons. The number of halogens is 1. The number of hydrogen-bond donors (Lipinski definition) is 2. The number of nitrogens with zero attached hydrogens (tertiary/aromatic N) is 2. The molecule has 0 atom stereocenters. The van der Waals surface area contributed by atoms with Gasteiger partial charge in [-0.2, -0.15) is 0 Å². The highest BCUT2D eigenvalue weighted by Gasteiger charge is 2.17. The van der Waals surface area contributed by atoms with Gasteiger partial charge in [-0.1, -0.05) is 40.4 Å². The van der Waals surface area contributed by atoms with Crippen molar-refractivity contribution < 1.29 is 9.59 Å². The van der Waals surface area contributed by atoms with Gasteiger partial charge in [-0.15, -0.1) is 16.4 Å². The van der Waals surface area contributed by atoms with Crippen molar-refractivity contribution in [2.24, 2.45) is 0 Å². The Labute approximate surface area is 185 Å². The smallest absolute Gasteiger partial charge is 0.266 e. The van der Waals surface area contributed by atoms with Crippen LogP contribution in [0.1, 0.15) is 25.6 Å². The molecule has 4 aromatic rings. The lowest BCUT2D eigenvalue weighted by Crippen LogP contribution is -2.11. The van der Waals surface area contributed by atoms with E-state index < -0.39 is 0 Å². The van der Waals surface area contributed by atoms with Gasteiger partial charge in [0.2, 0.25) is 0 Å². The average molecular weight is 455 g/mol. The molecule has 0 aliphatic heterocycles. The van der Waals surface area contributed by atoms with Gasteiger partial charge in [0.25, 0.3) is 11.8 Å². The van der Waals surface area contributed by atoms with Crippen LogP contribution >= 0.6 is 34.5 Å². The maximum absolute atomic E-state index is 12.7. The molecule has 6 nitrogen and oxygen atoms in total. The Bertz CT molecular complexity index is 1200. The second kappa shape index (κ2) is 8.74. The van der Waals surface area contributed by atoms with Gasteiger partial charge in [0.15, 0.2) is 0 Å². The number of rotatable bonds is 5. The standard InChI is InChI=1S/C21H15ClN4O2S2/c1-12-10-18(24-20(27)15-4-2-3-5-16(15)22)30-19(12)21(28)23-14-8-6-13(7-9-14)17-11-29-26-25-17/h2-11H,1H3,(H,23,28)(H,24,27).